The van der Waals surface area contributed by atoms with E-state index in [0.29, 0.717) is 23.9 Å². The van der Waals surface area contributed by atoms with Crippen molar-refractivity contribution in [3.05, 3.63) is 36.0 Å². The number of carbonyl (C=O) groups is 1. The van der Waals surface area contributed by atoms with Crippen LogP contribution in [0, 0.1) is 12.8 Å². The molecule has 4 atom stereocenters. The lowest BCUT2D eigenvalue weighted by Crippen LogP contribution is -2.57. The van der Waals surface area contributed by atoms with Crippen LogP contribution in [0.15, 0.2) is 28.9 Å². The lowest BCUT2D eigenvalue weighted by Gasteiger charge is -2.49. The Kier molecular flexibility index (Phi) is 5.94. The number of piperidine rings is 3. The Balaban J connectivity index is 1.20. The van der Waals surface area contributed by atoms with Gasteiger partial charge in [0.15, 0.2) is 5.76 Å². The van der Waals surface area contributed by atoms with Crippen molar-refractivity contribution in [2.75, 3.05) is 19.6 Å². The molecule has 2 aromatic heterocycles. The van der Waals surface area contributed by atoms with Crippen molar-refractivity contribution >= 4 is 6.03 Å². The Morgan fingerprint density at radius 2 is 2.10 bits per heavy atom. The summed E-state index contributed by atoms with van der Waals surface area (Å²) in [4.78, 5) is 24.3. The molecule has 7 heteroatoms. The van der Waals surface area contributed by atoms with Crippen molar-refractivity contribution < 1.29 is 9.21 Å². The Morgan fingerprint density at radius 1 is 1.23 bits per heavy atom. The maximum Gasteiger partial charge on any atom is 0.315 e. The highest BCUT2D eigenvalue weighted by atomic mass is 16.3. The van der Waals surface area contributed by atoms with E-state index in [1.54, 1.807) is 6.26 Å². The zero-order valence-corrected chi connectivity index (χ0v) is 18.3. The van der Waals surface area contributed by atoms with Crippen molar-refractivity contribution in [2.45, 2.75) is 69.9 Å². The monoisotopic (exact) mass is 423 g/mol. The normalized spacial score (nSPS) is 28.4. The number of hydrogen-bond acceptors (Lipinski definition) is 5. The van der Waals surface area contributed by atoms with Gasteiger partial charge >= 0.3 is 6.03 Å². The smallest absolute Gasteiger partial charge is 0.315 e. The van der Waals surface area contributed by atoms with Crippen LogP contribution in [0.25, 0.3) is 11.5 Å². The zero-order chi connectivity index (χ0) is 21.2. The Labute approximate surface area is 184 Å². The largest absolute Gasteiger partial charge is 0.463 e. The summed E-state index contributed by atoms with van der Waals surface area (Å²) in [6.07, 6.45) is 9.97. The highest BCUT2D eigenvalue weighted by Gasteiger charge is 2.41. The standard InChI is InChI=1S/C24H33N5O2/c1-16-26-21(13-22(27-16)23-8-5-11-31-23)20-15-29-10-9-17(20)12-19(29)14-25-24(30)28-18-6-3-2-4-7-18/h5,8,11,13,17-20H,2-4,6-7,9-10,12,14-15H2,1H3,(H2,25,28,30)/t17-,19+,20-/m0/s1. The van der Waals surface area contributed by atoms with E-state index in [1.807, 2.05) is 19.1 Å². The molecule has 1 aliphatic carbocycles. The molecular weight excluding hydrogens is 390 g/mol. The lowest BCUT2D eigenvalue weighted by molar-refractivity contribution is 0.0304. The number of nitrogens with zero attached hydrogens (tertiary/aromatic N) is 3. The van der Waals surface area contributed by atoms with Crippen molar-refractivity contribution in [3.8, 4) is 11.5 Å². The molecule has 4 aliphatic rings. The zero-order valence-electron chi connectivity index (χ0n) is 18.3. The number of hydrogen-bond donors (Lipinski definition) is 2. The molecule has 4 fully saturated rings. The molecule has 1 saturated carbocycles. The second-order valence-corrected chi connectivity index (χ2v) is 9.43. The summed E-state index contributed by atoms with van der Waals surface area (Å²) in [7, 11) is 0. The van der Waals surface area contributed by atoms with Crippen molar-refractivity contribution in [1.82, 2.24) is 25.5 Å². The molecule has 31 heavy (non-hydrogen) atoms. The highest BCUT2D eigenvalue weighted by molar-refractivity contribution is 5.74. The van der Waals surface area contributed by atoms with Gasteiger partial charge in [-0.2, -0.15) is 0 Å². The summed E-state index contributed by atoms with van der Waals surface area (Å²) in [6, 6.07) is 6.71. The average Bonchev–Trinajstić information content (AvgIpc) is 3.33. The molecule has 7 nitrogen and oxygen atoms in total. The topological polar surface area (TPSA) is 83.3 Å². The molecule has 2 aromatic rings. The quantitative estimate of drug-likeness (QED) is 0.763. The number of amides is 2. The SMILES string of the molecule is Cc1nc(-c2ccco2)cc([C@H]2CN3CC[C@H]2C[C@@H]3CNC(=O)NC2CCCCC2)n1. The van der Waals surface area contributed by atoms with Gasteiger partial charge in [0.1, 0.15) is 11.5 Å². The van der Waals surface area contributed by atoms with E-state index in [2.05, 4.69) is 26.6 Å². The Hall–Kier alpha value is -2.41. The van der Waals surface area contributed by atoms with Gasteiger partial charge in [0.2, 0.25) is 0 Å². The van der Waals surface area contributed by atoms with Gasteiger partial charge < -0.3 is 15.1 Å². The average molecular weight is 424 g/mol. The second kappa shape index (κ2) is 8.99. The minimum absolute atomic E-state index is 0.000566. The van der Waals surface area contributed by atoms with Gasteiger partial charge in [-0.05, 0) is 63.3 Å². The van der Waals surface area contributed by atoms with Gasteiger partial charge in [-0.3, -0.25) is 4.90 Å². The van der Waals surface area contributed by atoms with E-state index >= 15 is 0 Å². The van der Waals surface area contributed by atoms with E-state index in [9.17, 15) is 4.79 Å². The third-order valence-electron chi connectivity index (χ3n) is 7.33. The van der Waals surface area contributed by atoms with Crippen LogP contribution in [0.2, 0.25) is 0 Å². The van der Waals surface area contributed by atoms with Gasteiger partial charge in [-0.1, -0.05) is 19.3 Å². The molecule has 5 heterocycles. The van der Waals surface area contributed by atoms with E-state index in [0.717, 1.165) is 61.9 Å². The van der Waals surface area contributed by atoms with E-state index in [-0.39, 0.29) is 6.03 Å². The summed E-state index contributed by atoms with van der Waals surface area (Å²) in [6.45, 7) is 4.78. The number of aryl methyl sites for hydroxylation is 1. The molecule has 1 unspecified atom stereocenters. The summed E-state index contributed by atoms with van der Waals surface area (Å²) in [5.74, 6) is 2.59. The third-order valence-corrected chi connectivity index (χ3v) is 7.33. The summed E-state index contributed by atoms with van der Waals surface area (Å²) >= 11 is 0. The maximum absolute atomic E-state index is 12.4. The number of urea groups is 1. The molecule has 0 aromatic carbocycles. The number of fused-ring (bicyclic) bond motifs is 3. The van der Waals surface area contributed by atoms with Crippen LogP contribution >= 0.6 is 0 Å². The first-order valence-electron chi connectivity index (χ1n) is 11.8. The molecule has 2 bridgehead atoms. The number of rotatable bonds is 5. The van der Waals surface area contributed by atoms with Crippen LogP contribution in [0.4, 0.5) is 4.79 Å². The van der Waals surface area contributed by atoms with Crippen molar-refractivity contribution in [2.24, 2.45) is 5.92 Å². The maximum atomic E-state index is 12.4. The van der Waals surface area contributed by atoms with Crippen LogP contribution in [0.1, 0.15) is 62.4 Å². The van der Waals surface area contributed by atoms with E-state index in [4.69, 9.17) is 9.40 Å². The van der Waals surface area contributed by atoms with Crippen LogP contribution in [-0.2, 0) is 0 Å². The fraction of sp³-hybridized carbons (Fsp3) is 0.625. The van der Waals surface area contributed by atoms with Crippen LogP contribution in [-0.4, -0.2) is 52.6 Å². The molecule has 3 saturated heterocycles. The number of nitrogens with one attached hydrogen (secondary N) is 2. The van der Waals surface area contributed by atoms with E-state index in [1.165, 1.54) is 25.7 Å². The molecule has 2 amide bonds. The fourth-order valence-corrected chi connectivity index (χ4v) is 5.71. The van der Waals surface area contributed by atoms with Gasteiger partial charge in [-0.25, -0.2) is 14.8 Å². The molecule has 2 N–H and O–H groups in total. The van der Waals surface area contributed by atoms with Gasteiger partial charge in [0.25, 0.3) is 0 Å². The Bertz CT molecular complexity index is 893. The predicted molar refractivity (Wildman–Crippen MR) is 119 cm³/mol. The predicted octanol–water partition coefficient (Wildman–Crippen LogP) is 3.85. The first-order valence-corrected chi connectivity index (χ1v) is 11.8. The Morgan fingerprint density at radius 3 is 2.84 bits per heavy atom. The fourth-order valence-electron chi connectivity index (χ4n) is 5.71. The van der Waals surface area contributed by atoms with Gasteiger partial charge in [-0.15, -0.1) is 0 Å². The molecule has 0 radical (unpaired) electrons. The second-order valence-electron chi connectivity index (χ2n) is 9.43. The van der Waals surface area contributed by atoms with E-state index < -0.39 is 0 Å². The molecular formula is C24H33N5O2. The molecule has 6 rings (SSSR count). The summed E-state index contributed by atoms with van der Waals surface area (Å²) in [5.41, 5.74) is 1.98. The number of carbonyl (C=O) groups excluding carboxylic acids is 1. The molecule has 3 aliphatic heterocycles. The van der Waals surface area contributed by atoms with Crippen LogP contribution in [0.5, 0.6) is 0 Å². The summed E-state index contributed by atoms with van der Waals surface area (Å²) < 4.78 is 5.56. The summed E-state index contributed by atoms with van der Waals surface area (Å²) in [5, 5.41) is 6.31. The van der Waals surface area contributed by atoms with Crippen LogP contribution < -0.4 is 10.6 Å². The van der Waals surface area contributed by atoms with Gasteiger partial charge in [0.05, 0.1) is 6.26 Å². The number of aromatic nitrogens is 2. The van der Waals surface area contributed by atoms with Crippen molar-refractivity contribution in [1.29, 1.82) is 0 Å². The van der Waals surface area contributed by atoms with Gasteiger partial charge in [0, 0.05) is 36.8 Å². The first kappa shape index (κ1) is 20.5. The van der Waals surface area contributed by atoms with Crippen molar-refractivity contribution in [3.63, 3.8) is 0 Å². The number of furan rings is 1. The van der Waals surface area contributed by atoms with Crippen LogP contribution in [0.3, 0.4) is 0 Å². The molecule has 0 spiro atoms. The highest BCUT2D eigenvalue weighted by Crippen LogP contribution is 2.41. The first-order chi connectivity index (χ1) is 15.2. The minimum atomic E-state index is 0.000566. The molecule has 166 valence electrons. The third kappa shape index (κ3) is 4.61. The lowest BCUT2D eigenvalue weighted by atomic mass is 9.74. The minimum Gasteiger partial charge on any atom is -0.463 e.